The second-order valence-corrected chi connectivity index (χ2v) is 14.4. The third kappa shape index (κ3) is 5.92. The Bertz CT molecular complexity index is 3220. The van der Waals surface area contributed by atoms with Crippen molar-refractivity contribution in [2.45, 2.75) is 0 Å². The molecule has 0 radical (unpaired) electrons. The Kier molecular flexibility index (Phi) is 7.78. The van der Waals surface area contributed by atoms with E-state index >= 15 is 0 Å². The van der Waals surface area contributed by atoms with Gasteiger partial charge in [0.15, 0.2) is 5.58 Å². The zero-order chi connectivity index (χ0) is 37.7. The fourth-order valence-corrected chi connectivity index (χ4v) is 8.01. The highest BCUT2D eigenvalue weighted by atomic mass is 16.4. The van der Waals surface area contributed by atoms with Gasteiger partial charge in [0.1, 0.15) is 16.7 Å². The van der Waals surface area contributed by atoms with Gasteiger partial charge in [-0.15, -0.1) is 0 Å². The zero-order valence-corrected chi connectivity index (χ0v) is 30.8. The maximum absolute atomic E-state index is 6.46. The van der Waals surface area contributed by atoms with Crippen LogP contribution in [0.25, 0.3) is 88.6 Å². The molecule has 0 aliphatic rings. The van der Waals surface area contributed by atoms with Crippen LogP contribution in [-0.4, -0.2) is 4.98 Å². The van der Waals surface area contributed by atoms with Gasteiger partial charge in [-0.2, -0.15) is 0 Å². The van der Waals surface area contributed by atoms with Gasteiger partial charge in [-0.1, -0.05) is 133 Å². The maximum Gasteiger partial charge on any atom is 0.227 e. The molecule has 0 aliphatic carbocycles. The van der Waals surface area contributed by atoms with E-state index < -0.39 is 0 Å². The number of rotatable bonds is 7. The summed E-state index contributed by atoms with van der Waals surface area (Å²) in [4.78, 5) is 7.41. The number of nitrogens with zero attached hydrogens (tertiary/aromatic N) is 2. The molecule has 0 unspecified atom stereocenters. The summed E-state index contributed by atoms with van der Waals surface area (Å²) < 4.78 is 12.9. The van der Waals surface area contributed by atoms with Gasteiger partial charge >= 0.3 is 0 Å². The van der Waals surface area contributed by atoms with Gasteiger partial charge in [-0.3, -0.25) is 0 Å². The summed E-state index contributed by atoms with van der Waals surface area (Å²) in [6, 6.07) is 72.4. The minimum Gasteiger partial charge on any atom is -0.456 e. The van der Waals surface area contributed by atoms with Crippen molar-refractivity contribution in [1.82, 2.24) is 4.98 Å². The van der Waals surface area contributed by atoms with Crippen LogP contribution < -0.4 is 4.90 Å². The van der Waals surface area contributed by atoms with Crippen molar-refractivity contribution in [2.75, 3.05) is 4.90 Å². The number of hydrogen-bond acceptors (Lipinski definition) is 4. The number of oxazole rings is 1. The van der Waals surface area contributed by atoms with Crippen molar-refractivity contribution in [1.29, 1.82) is 0 Å². The van der Waals surface area contributed by atoms with Gasteiger partial charge in [0.2, 0.25) is 5.89 Å². The fraction of sp³-hybridized carbons (Fsp3) is 0. The van der Waals surface area contributed by atoms with E-state index in [2.05, 4.69) is 193 Å². The Hall–Kier alpha value is -7.69. The van der Waals surface area contributed by atoms with Crippen molar-refractivity contribution in [2.24, 2.45) is 0 Å². The molecular formula is C53H34N2O2. The molecule has 0 amide bonds. The van der Waals surface area contributed by atoms with Crippen LogP contribution in [0.15, 0.2) is 215 Å². The molecule has 0 bridgehead atoms. The molecule has 11 aromatic rings. The first-order valence-electron chi connectivity index (χ1n) is 19.2. The predicted molar refractivity (Wildman–Crippen MR) is 235 cm³/mol. The van der Waals surface area contributed by atoms with Crippen molar-refractivity contribution >= 4 is 60.9 Å². The molecule has 57 heavy (non-hydrogen) atoms. The lowest BCUT2D eigenvalue weighted by molar-refractivity contribution is 0.619. The van der Waals surface area contributed by atoms with Gasteiger partial charge in [0, 0.05) is 28.0 Å². The van der Waals surface area contributed by atoms with E-state index in [1.807, 2.05) is 18.2 Å². The van der Waals surface area contributed by atoms with E-state index in [4.69, 9.17) is 13.8 Å². The molecule has 2 heterocycles. The summed E-state index contributed by atoms with van der Waals surface area (Å²) >= 11 is 0. The van der Waals surface area contributed by atoms with E-state index in [9.17, 15) is 0 Å². The fourth-order valence-electron chi connectivity index (χ4n) is 8.01. The minimum atomic E-state index is 0.577. The number of aromatic nitrogens is 1. The molecule has 0 N–H and O–H groups in total. The van der Waals surface area contributed by atoms with Gasteiger partial charge < -0.3 is 13.7 Å². The Morgan fingerprint density at radius 3 is 1.67 bits per heavy atom. The van der Waals surface area contributed by atoms with Crippen LogP contribution >= 0.6 is 0 Å². The van der Waals surface area contributed by atoms with Gasteiger partial charge in [-0.05, 0) is 117 Å². The van der Waals surface area contributed by atoms with Crippen molar-refractivity contribution < 1.29 is 8.83 Å². The summed E-state index contributed by atoms with van der Waals surface area (Å²) in [5.41, 5.74) is 14.1. The van der Waals surface area contributed by atoms with Crippen LogP contribution in [0.5, 0.6) is 0 Å². The average Bonchev–Trinajstić information content (AvgIpc) is 3.89. The van der Waals surface area contributed by atoms with E-state index in [0.717, 1.165) is 72.4 Å². The molecule has 0 spiro atoms. The second-order valence-electron chi connectivity index (χ2n) is 14.4. The number of benzene rings is 9. The van der Waals surface area contributed by atoms with Crippen molar-refractivity contribution in [3.63, 3.8) is 0 Å². The summed E-state index contributed by atoms with van der Waals surface area (Å²) in [7, 11) is 0. The highest BCUT2D eigenvalue weighted by molar-refractivity contribution is 6.17. The summed E-state index contributed by atoms with van der Waals surface area (Å²) in [6.45, 7) is 0. The average molecular weight is 731 g/mol. The molecule has 268 valence electrons. The zero-order valence-electron chi connectivity index (χ0n) is 30.8. The largest absolute Gasteiger partial charge is 0.456 e. The second kappa shape index (κ2) is 13.6. The van der Waals surface area contributed by atoms with Crippen LogP contribution in [0.1, 0.15) is 0 Å². The molecule has 0 saturated heterocycles. The van der Waals surface area contributed by atoms with Gasteiger partial charge in [0.05, 0.1) is 5.39 Å². The topological polar surface area (TPSA) is 42.4 Å². The third-order valence-corrected chi connectivity index (χ3v) is 10.9. The lowest BCUT2D eigenvalue weighted by atomic mass is 10.0. The summed E-state index contributed by atoms with van der Waals surface area (Å²) in [5, 5.41) is 4.38. The highest BCUT2D eigenvalue weighted by Gasteiger charge is 2.20. The molecule has 0 aliphatic heterocycles. The van der Waals surface area contributed by atoms with Gasteiger partial charge in [-0.25, -0.2) is 4.98 Å². The Labute approximate surface area is 329 Å². The van der Waals surface area contributed by atoms with E-state index in [1.54, 1.807) is 0 Å². The molecule has 4 nitrogen and oxygen atoms in total. The van der Waals surface area contributed by atoms with Crippen molar-refractivity contribution in [3.8, 4) is 44.8 Å². The first-order chi connectivity index (χ1) is 28.2. The van der Waals surface area contributed by atoms with Crippen LogP contribution in [0.3, 0.4) is 0 Å². The Morgan fingerprint density at radius 2 is 0.877 bits per heavy atom. The molecule has 11 rings (SSSR count). The number of fused-ring (bicyclic) bond motifs is 6. The summed E-state index contributed by atoms with van der Waals surface area (Å²) in [6.07, 6.45) is 0. The number of anilines is 3. The maximum atomic E-state index is 6.46. The van der Waals surface area contributed by atoms with E-state index in [-0.39, 0.29) is 0 Å². The van der Waals surface area contributed by atoms with Gasteiger partial charge in [0.25, 0.3) is 0 Å². The number of furan rings is 1. The normalized spacial score (nSPS) is 11.5. The molecule has 0 fully saturated rings. The molecule has 0 saturated carbocycles. The molecule has 0 atom stereocenters. The highest BCUT2D eigenvalue weighted by Crippen LogP contribution is 2.42. The van der Waals surface area contributed by atoms with Crippen LogP contribution in [0.4, 0.5) is 17.1 Å². The quantitative estimate of drug-likeness (QED) is 0.164. The first-order valence-corrected chi connectivity index (χ1v) is 19.2. The van der Waals surface area contributed by atoms with E-state index in [0.29, 0.717) is 5.89 Å². The standard InChI is InChI=1S/C53H34N2O2/c1-3-10-35(11-4-1)38-18-21-40(22-19-38)53-54-52-50(57-53)31-30-49-51(52)47-34-46(28-29-48(47)56-49)55(45-17-9-16-42(33-45)36-12-5-2-6-13-36)44-26-24-39(25-27-44)43-23-20-37-14-7-8-15-41(37)32-43/h1-34H. The lowest BCUT2D eigenvalue weighted by Crippen LogP contribution is -2.10. The lowest BCUT2D eigenvalue weighted by Gasteiger charge is -2.26. The van der Waals surface area contributed by atoms with Crippen LogP contribution in [-0.2, 0) is 0 Å². The van der Waals surface area contributed by atoms with Crippen LogP contribution in [0.2, 0.25) is 0 Å². The Balaban J connectivity index is 1.03. The van der Waals surface area contributed by atoms with Crippen molar-refractivity contribution in [3.05, 3.63) is 206 Å². The van der Waals surface area contributed by atoms with Crippen LogP contribution in [0, 0.1) is 0 Å². The monoisotopic (exact) mass is 730 g/mol. The summed E-state index contributed by atoms with van der Waals surface area (Å²) in [5.74, 6) is 0.577. The molecular weight excluding hydrogens is 697 g/mol. The molecule has 9 aromatic carbocycles. The third-order valence-electron chi connectivity index (χ3n) is 10.9. The predicted octanol–water partition coefficient (Wildman–Crippen LogP) is 15.0. The smallest absolute Gasteiger partial charge is 0.227 e. The Morgan fingerprint density at radius 1 is 0.333 bits per heavy atom. The minimum absolute atomic E-state index is 0.577. The molecule has 4 heteroatoms. The SMILES string of the molecule is c1ccc(-c2ccc(-c3nc4c(ccc5oc6ccc(N(c7ccc(-c8ccc9ccccc9c8)cc7)c7cccc(-c8ccccc8)c7)cc6c54)o3)cc2)cc1. The first kappa shape index (κ1) is 32.7. The van der Waals surface area contributed by atoms with E-state index in [1.165, 1.54) is 27.5 Å². The molecule has 2 aromatic heterocycles. The number of hydrogen-bond donors (Lipinski definition) is 0.